The Kier molecular flexibility index (Phi) is 8.82. The van der Waals surface area contributed by atoms with Crippen LogP contribution in [-0.2, 0) is 11.3 Å². The maximum Gasteiger partial charge on any atom is 0.191 e. The summed E-state index contributed by atoms with van der Waals surface area (Å²) in [5.41, 5.74) is 1.42. The second-order valence-corrected chi connectivity index (χ2v) is 9.22. The summed E-state index contributed by atoms with van der Waals surface area (Å²) < 4.78 is 27.7. The molecule has 3 heterocycles. The van der Waals surface area contributed by atoms with Crippen LogP contribution in [0.1, 0.15) is 12.0 Å². The van der Waals surface area contributed by atoms with Gasteiger partial charge in [-0.05, 0) is 55.8 Å². The van der Waals surface area contributed by atoms with Gasteiger partial charge in [0.15, 0.2) is 11.2 Å². The van der Waals surface area contributed by atoms with Gasteiger partial charge in [0.1, 0.15) is 27.4 Å². The fourth-order valence-electron chi connectivity index (χ4n) is 3.93. The summed E-state index contributed by atoms with van der Waals surface area (Å²) in [5, 5.41) is 9.15. The zero-order valence-corrected chi connectivity index (χ0v) is 22.3. The molecule has 10 heteroatoms. The van der Waals surface area contributed by atoms with Crippen molar-refractivity contribution in [1.29, 1.82) is 0 Å². The smallest absolute Gasteiger partial charge is 0.191 e. The Morgan fingerprint density at radius 2 is 2.03 bits per heavy atom. The fourth-order valence-corrected chi connectivity index (χ4v) is 4.75. The molecular weight excluding hydrogens is 490 g/mol. The molecule has 0 radical (unpaired) electrons. The lowest BCUT2D eigenvalue weighted by Gasteiger charge is -2.32. The Bertz CT molecular complexity index is 1370. The van der Waals surface area contributed by atoms with Crippen molar-refractivity contribution in [2.75, 3.05) is 46.2 Å². The number of likely N-dealkylation sites (tertiary alicyclic amines) is 1. The molecule has 9 nitrogen and oxygen atoms in total. The second kappa shape index (κ2) is 12.4. The first-order valence-electron chi connectivity index (χ1n) is 11.8. The topological polar surface area (TPSA) is 86.8 Å². The van der Waals surface area contributed by atoms with Gasteiger partial charge in [0.05, 0.1) is 21.3 Å². The predicted molar refractivity (Wildman–Crippen MR) is 145 cm³/mol. The van der Waals surface area contributed by atoms with Gasteiger partial charge in [-0.3, -0.25) is 4.68 Å². The SMILES string of the molecule is C=C/C(OC)=c1/c(NSc2c(OC)cc(C#CC3CN(C)C3)cc2OC)no/c1=C/CCn1cccn1. The number of benzene rings is 1. The number of nitrogens with one attached hydrogen (secondary N) is 1. The van der Waals surface area contributed by atoms with Crippen molar-refractivity contribution in [3.05, 3.63) is 59.4 Å². The first-order chi connectivity index (χ1) is 18.1. The summed E-state index contributed by atoms with van der Waals surface area (Å²) in [4.78, 5) is 3.00. The van der Waals surface area contributed by atoms with Crippen LogP contribution in [0, 0.1) is 17.8 Å². The van der Waals surface area contributed by atoms with Crippen LogP contribution in [0.5, 0.6) is 11.5 Å². The molecule has 0 saturated carbocycles. The van der Waals surface area contributed by atoms with Crippen molar-refractivity contribution in [3.63, 3.8) is 0 Å². The number of aryl methyl sites for hydroxylation is 1. The first-order valence-corrected chi connectivity index (χ1v) is 12.6. The largest absolute Gasteiger partial charge is 0.496 e. The third-order valence-corrected chi connectivity index (χ3v) is 6.71. The molecule has 1 saturated heterocycles. The standard InChI is InChI=1S/C27H31N5O4S/c1-6-21(33-3)25-22(9-7-13-32-14-8-12-28-32)36-29-27(25)30-37-26-23(34-4)15-19(16-24(26)35-5)10-11-20-17-31(2)18-20/h6,8-9,12,14-16,20H,1,7,13,17-18H2,2-5H3,(H,29,30)/b22-9+,25-21-. The minimum atomic E-state index is 0.393. The summed E-state index contributed by atoms with van der Waals surface area (Å²) >= 11 is 1.30. The van der Waals surface area contributed by atoms with Gasteiger partial charge >= 0.3 is 0 Å². The van der Waals surface area contributed by atoms with E-state index in [1.165, 1.54) is 11.9 Å². The van der Waals surface area contributed by atoms with Crippen molar-refractivity contribution >= 4 is 29.6 Å². The van der Waals surface area contributed by atoms with Crippen LogP contribution >= 0.6 is 11.9 Å². The maximum absolute atomic E-state index is 5.67. The van der Waals surface area contributed by atoms with E-state index >= 15 is 0 Å². The van der Waals surface area contributed by atoms with Crippen LogP contribution in [0.2, 0.25) is 0 Å². The summed E-state index contributed by atoms with van der Waals surface area (Å²) in [6.45, 7) is 6.56. The molecule has 0 amide bonds. The van der Waals surface area contributed by atoms with E-state index in [2.05, 4.69) is 45.3 Å². The van der Waals surface area contributed by atoms with Crippen LogP contribution < -0.4 is 24.8 Å². The number of anilines is 1. The van der Waals surface area contributed by atoms with Gasteiger partial charge < -0.3 is 28.4 Å². The van der Waals surface area contributed by atoms with Gasteiger partial charge in [0, 0.05) is 43.5 Å². The molecule has 37 heavy (non-hydrogen) atoms. The average Bonchev–Trinajstić information content (AvgIpc) is 3.56. The predicted octanol–water partition coefficient (Wildman–Crippen LogP) is 2.73. The number of ether oxygens (including phenoxy) is 3. The second-order valence-electron chi connectivity index (χ2n) is 8.41. The molecule has 1 aliphatic rings. The van der Waals surface area contributed by atoms with Crippen molar-refractivity contribution in [2.24, 2.45) is 5.92 Å². The van der Waals surface area contributed by atoms with Crippen molar-refractivity contribution in [1.82, 2.24) is 19.8 Å². The zero-order chi connectivity index (χ0) is 26.2. The van der Waals surface area contributed by atoms with Crippen LogP contribution in [0.4, 0.5) is 5.82 Å². The summed E-state index contributed by atoms with van der Waals surface area (Å²) in [7, 11) is 6.93. The average molecular weight is 522 g/mol. The number of aromatic nitrogens is 3. The number of hydrogen-bond acceptors (Lipinski definition) is 9. The summed E-state index contributed by atoms with van der Waals surface area (Å²) in [5.74, 6) is 9.29. The molecule has 0 bridgehead atoms. The van der Waals surface area contributed by atoms with Crippen LogP contribution in [0.3, 0.4) is 0 Å². The van der Waals surface area contributed by atoms with Gasteiger partial charge in [-0.1, -0.05) is 23.6 Å². The van der Waals surface area contributed by atoms with Crippen LogP contribution in [0.15, 0.2) is 52.7 Å². The lowest BCUT2D eigenvalue weighted by Crippen LogP contribution is -2.42. The monoisotopic (exact) mass is 521 g/mol. The van der Waals surface area contributed by atoms with Gasteiger partial charge in [0.25, 0.3) is 0 Å². The molecule has 0 unspecified atom stereocenters. The molecule has 0 aliphatic carbocycles. The Hall–Kier alpha value is -3.81. The van der Waals surface area contributed by atoms with Gasteiger partial charge in [0.2, 0.25) is 0 Å². The number of methoxy groups -OCH3 is 3. The fraction of sp³-hybridized carbons (Fsp3) is 0.333. The minimum absolute atomic E-state index is 0.393. The molecule has 194 valence electrons. The van der Waals surface area contributed by atoms with E-state index in [9.17, 15) is 0 Å². The third kappa shape index (κ3) is 6.31. The number of rotatable bonds is 10. The van der Waals surface area contributed by atoms with Gasteiger partial charge in [-0.25, -0.2) is 0 Å². The highest BCUT2D eigenvalue weighted by molar-refractivity contribution is 8.00. The van der Waals surface area contributed by atoms with E-state index in [4.69, 9.17) is 18.7 Å². The molecule has 3 aromatic rings. The highest BCUT2D eigenvalue weighted by atomic mass is 32.2. The number of nitrogens with zero attached hydrogens (tertiary/aromatic N) is 4. The van der Waals surface area contributed by atoms with Crippen molar-refractivity contribution in [2.45, 2.75) is 17.9 Å². The van der Waals surface area contributed by atoms with Crippen LogP contribution in [-0.4, -0.2) is 61.3 Å². The van der Waals surface area contributed by atoms with Gasteiger partial charge in [-0.15, -0.1) is 0 Å². The van der Waals surface area contributed by atoms with E-state index in [0.717, 1.165) is 23.5 Å². The molecular formula is C27H31N5O4S. The van der Waals surface area contributed by atoms with Crippen molar-refractivity contribution < 1.29 is 18.7 Å². The maximum atomic E-state index is 5.67. The first kappa shape index (κ1) is 26.3. The van der Waals surface area contributed by atoms with E-state index in [1.807, 2.05) is 35.2 Å². The molecule has 1 aromatic carbocycles. The minimum Gasteiger partial charge on any atom is -0.496 e. The molecule has 2 aromatic heterocycles. The van der Waals surface area contributed by atoms with Crippen molar-refractivity contribution in [3.8, 4) is 23.3 Å². The summed E-state index contributed by atoms with van der Waals surface area (Å²) in [6.07, 6.45) is 7.95. The lowest BCUT2D eigenvalue weighted by molar-refractivity contribution is 0.177. The Morgan fingerprint density at radius 1 is 1.27 bits per heavy atom. The molecule has 4 rings (SSSR count). The normalized spacial score (nSPS) is 14.9. The number of hydrogen-bond donors (Lipinski definition) is 1. The van der Waals surface area contributed by atoms with Gasteiger partial charge in [-0.2, -0.15) is 5.10 Å². The Balaban J connectivity index is 1.59. The molecule has 0 atom stereocenters. The molecule has 1 N–H and O–H groups in total. The zero-order valence-electron chi connectivity index (χ0n) is 21.5. The highest BCUT2D eigenvalue weighted by Gasteiger charge is 2.21. The summed E-state index contributed by atoms with van der Waals surface area (Å²) in [6, 6.07) is 5.72. The lowest BCUT2D eigenvalue weighted by atomic mass is 10.0. The quantitative estimate of drug-likeness (QED) is 0.320. The van der Waals surface area contributed by atoms with E-state index in [0.29, 0.717) is 52.6 Å². The molecule has 1 aliphatic heterocycles. The highest BCUT2D eigenvalue weighted by Crippen LogP contribution is 2.38. The van der Waals surface area contributed by atoms with Crippen LogP contribution in [0.25, 0.3) is 11.8 Å². The van der Waals surface area contributed by atoms with E-state index in [1.54, 1.807) is 33.6 Å². The Labute approximate surface area is 220 Å². The van der Waals surface area contributed by atoms with E-state index in [-0.39, 0.29) is 0 Å². The molecule has 0 spiro atoms. The molecule has 1 fully saturated rings. The van der Waals surface area contributed by atoms with E-state index < -0.39 is 0 Å². The Morgan fingerprint density at radius 3 is 2.62 bits per heavy atom. The third-order valence-electron chi connectivity index (χ3n) is 5.81.